The number of fused-ring (bicyclic) bond motifs is 1. The van der Waals surface area contributed by atoms with Crippen molar-refractivity contribution >= 4 is 39.4 Å². The van der Waals surface area contributed by atoms with Crippen LogP contribution in [-0.4, -0.2) is 90.6 Å². The summed E-state index contributed by atoms with van der Waals surface area (Å²) in [4.78, 5) is 69.1. The Kier molecular flexibility index (Phi) is 12.5. The second-order valence-corrected chi connectivity index (χ2v) is 18.2. The van der Waals surface area contributed by atoms with Gasteiger partial charge >= 0.3 is 6.03 Å². The standard InChI is InChI=1S/C34H57N5O7S.CH4/c1-8-10-15-22(26(40)29(42)35-9-2)36-28(41)25-24-21(33(24,6)7)20-39(25)30(43)27(32(3,4)5)37-31(44)38-34(17-12-11-13-18-34)23-16-14-19-47(23,45)46;/h21-25,27H,8-20H2,1-7H3,(H,35,42)(H,36,41)(H2,37,38,44);1H4/t21-,22-,23-,24-,25-,27+;/m0./s1. The third-order valence-corrected chi connectivity index (χ3v) is 13.7. The van der Waals surface area contributed by atoms with Crippen LogP contribution in [0.25, 0.3) is 0 Å². The number of carbonyl (C=O) groups excluding carboxylic acids is 5. The summed E-state index contributed by atoms with van der Waals surface area (Å²) >= 11 is 0. The number of Topliss-reactive ketones (excluding diaryl/α,β-unsaturated/α-hetero) is 1. The molecule has 274 valence electrons. The van der Waals surface area contributed by atoms with Gasteiger partial charge in [-0.05, 0) is 61.7 Å². The Morgan fingerprint density at radius 1 is 0.958 bits per heavy atom. The SMILES string of the molecule is C.CCCC[C@H](NC(=O)[C@@H]1[C@@H]2[C@H](CN1C(=O)[C@@H](NC(=O)NC1([C@@H]3CCCS3(=O)=O)CCCCC1)C(C)(C)C)C2(C)C)C(=O)C(=O)NCC. The molecule has 0 unspecified atom stereocenters. The molecular weight excluding hydrogens is 634 g/mol. The highest BCUT2D eigenvalue weighted by Gasteiger charge is 2.70. The molecule has 4 fully saturated rings. The van der Waals surface area contributed by atoms with Crippen molar-refractivity contribution in [3.8, 4) is 0 Å². The number of nitrogens with zero attached hydrogens (tertiary/aromatic N) is 1. The largest absolute Gasteiger partial charge is 0.350 e. The van der Waals surface area contributed by atoms with Crippen LogP contribution in [0.1, 0.15) is 120 Å². The fourth-order valence-corrected chi connectivity index (χ4v) is 10.8. The quantitative estimate of drug-likeness (QED) is 0.227. The maximum Gasteiger partial charge on any atom is 0.315 e. The highest BCUT2D eigenvalue weighted by atomic mass is 32.2. The van der Waals surface area contributed by atoms with Crippen LogP contribution in [-0.2, 0) is 29.0 Å². The van der Waals surface area contributed by atoms with Crippen molar-refractivity contribution < 1.29 is 32.4 Å². The van der Waals surface area contributed by atoms with E-state index in [1.54, 1.807) is 6.92 Å². The van der Waals surface area contributed by atoms with Crippen molar-refractivity contribution in [2.75, 3.05) is 18.8 Å². The molecule has 4 aliphatic rings. The van der Waals surface area contributed by atoms with E-state index in [1.165, 1.54) is 4.90 Å². The Balaban J connectivity index is 0.00000625. The van der Waals surface area contributed by atoms with E-state index < -0.39 is 73.7 Å². The molecule has 0 aromatic carbocycles. The number of sulfone groups is 1. The van der Waals surface area contributed by atoms with Crippen LogP contribution in [0.4, 0.5) is 4.79 Å². The summed E-state index contributed by atoms with van der Waals surface area (Å²) in [6.07, 6.45) is 6.55. The summed E-state index contributed by atoms with van der Waals surface area (Å²) in [5.74, 6) is -2.27. The van der Waals surface area contributed by atoms with Crippen LogP contribution in [0.3, 0.4) is 0 Å². The molecule has 0 aromatic rings. The van der Waals surface area contributed by atoms with Crippen LogP contribution in [0, 0.1) is 22.7 Å². The predicted octanol–water partition coefficient (Wildman–Crippen LogP) is 3.48. The van der Waals surface area contributed by atoms with E-state index in [-0.39, 0.29) is 37.0 Å². The molecule has 0 radical (unpaired) electrons. The molecule has 48 heavy (non-hydrogen) atoms. The van der Waals surface area contributed by atoms with Crippen molar-refractivity contribution in [2.24, 2.45) is 22.7 Å². The summed E-state index contributed by atoms with van der Waals surface area (Å²) in [6, 6.07) is -3.46. The van der Waals surface area contributed by atoms with Gasteiger partial charge in [-0.3, -0.25) is 19.2 Å². The molecule has 2 aliphatic carbocycles. The van der Waals surface area contributed by atoms with Crippen LogP contribution < -0.4 is 21.3 Å². The van der Waals surface area contributed by atoms with Crippen molar-refractivity contribution in [1.29, 1.82) is 0 Å². The fourth-order valence-electron chi connectivity index (χ4n) is 8.48. The van der Waals surface area contributed by atoms with E-state index >= 15 is 0 Å². The zero-order valence-corrected chi connectivity index (χ0v) is 30.2. The van der Waals surface area contributed by atoms with E-state index in [4.69, 9.17) is 0 Å². The monoisotopic (exact) mass is 695 g/mol. The van der Waals surface area contributed by atoms with Gasteiger partial charge in [-0.25, -0.2) is 13.2 Å². The molecular formula is C35H61N5O7S. The number of rotatable bonds is 12. The summed E-state index contributed by atoms with van der Waals surface area (Å²) < 4.78 is 26.1. The number of piperidine rings is 1. The molecule has 6 atom stereocenters. The van der Waals surface area contributed by atoms with Gasteiger partial charge < -0.3 is 26.2 Å². The fraction of sp³-hybridized carbons (Fsp3) is 0.857. The lowest BCUT2D eigenvalue weighted by atomic mass is 9.78. The number of unbranched alkanes of at least 4 members (excludes halogenated alkanes) is 1. The minimum atomic E-state index is -3.35. The number of urea groups is 1. The predicted molar refractivity (Wildman–Crippen MR) is 186 cm³/mol. The summed E-state index contributed by atoms with van der Waals surface area (Å²) in [5.41, 5.74) is -1.81. The van der Waals surface area contributed by atoms with Gasteiger partial charge in [-0.1, -0.05) is 81.1 Å². The first-order chi connectivity index (χ1) is 21.9. The van der Waals surface area contributed by atoms with Crippen molar-refractivity contribution in [2.45, 2.75) is 149 Å². The number of amides is 5. The molecule has 2 aliphatic heterocycles. The normalized spacial score (nSPS) is 27.8. The third kappa shape index (κ3) is 8.02. The number of hydrogen-bond acceptors (Lipinski definition) is 7. The minimum Gasteiger partial charge on any atom is -0.350 e. The van der Waals surface area contributed by atoms with E-state index in [0.717, 1.165) is 25.7 Å². The first kappa shape index (κ1) is 39.7. The van der Waals surface area contributed by atoms with Gasteiger partial charge in [0, 0.05) is 13.1 Å². The second kappa shape index (κ2) is 15.0. The first-order valence-electron chi connectivity index (χ1n) is 17.6. The van der Waals surface area contributed by atoms with Crippen molar-refractivity contribution in [3.05, 3.63) is 0 Å². The Bertz CT molecular complexity index is 1330. The summed E-state index contributed by atoms with van der Waals surface area (Å²) in [7, 11) is -3.35. The lowest BCUT2D eigenvalue weighted by Crippen LogP contribution is -2.65. The van der Waals surface area contributed by atoms with Gasteiger partial charge in [0.1, 0.15) is 12.1 Å². The minimum absolute atomic E-state index is 0. The molecule has 2 saturated heterocycles. The molecule has 13 heteroatoms. The summed E-state index contributed by atoms with van der Waals surface area (Å²) in [6.45, 7) is 13.9. The first-order valence-corrected chi connectivity index (χ1v) is 19.4. The topological polar surface area (TPSA) is 171 Å². The average Bonchev–Trinajstić information content (AvgIpc) is 3.30. The van der Waals surface area contributed by atoms with Gasteiger partial charge in [0.2, 0.25) is 17.6 Å². The van der Waals surface area contributed by atoms with Crippen LogP contribution in [0.2, 0.25) is 0 Å². The Hall–Kier alpha value is -2.70. The van der Waals surface area contributed by atoms with E-state index in [2.05, 4.69) is 35.1 Å². The second-order valence-electron chi connectivity index (χ2n) is 15.9. The number of carbonyl (C=O) groups is 5. The van der Waals surface area contributed by atoms with E-state index in [9.17, 15) is 32.4 Å². The third-order valence-electron chi connectivity index (χ3n) is 11.2. The smallest absolute Gasteiger partial charge is 0.315 e. The average molecular weight is 696 g/mol. The molecule has 0 bridgehead atoms. The molecule has 0 spiro atoms. The summed E-state index contributed by atoms with van der Waals surface area (Å²) in [5, 5.41) is 10.7. The van der Waals surface area contributed by atoms with E-state index in [1.807, 2.05) is 27.7 Å². The number of ketones is 1. The Labute approximate surface area is 288 Å². The molecule has 4 N–H and O–H groups in total. The van der Waals surface area contributed by atoms with Crippen LogP contribution in [0.5, 0.6) is 0 Å². The molecule has 12 nitrogen and oxygen atoms in total. The van der Waals surface area contributed by atoms with Crippen LogP contribution in [0.15, 0.2) is 0 Å². The highest BCUT2D eigenvalue weighted by Crippen LogP contribution is 2.65. The Morgan fingerprint density at radius 2 is 1.60 bits per heavy atom. The van der Waals surface area contributed by atoms with Crippen LogP contribution >= 0.6 is 0 Å². The highest BCUT2D eigenvalue weighted by molar-refractivity contribution is 7.92. The molecule has 4 rings (SSSR count). The van der Waals surface area contributed by atoms with E-state index in [0.29, 0.717) is 45.1 Å². The molecule has 0 aromatic heterocycles. The lowest BCUT2D eigenvalue weighted by Gasteiger charge is -2.43. The Morgan fingerprint density at radius 3 is 2.15 bits per heavy atom. The lowest BCUT2D eigenvalue weighted by molar-refractivity contribution is -0.145. The zero-order valence-electron chi connectivity index (χ0n) is 29.4. The number of nitrogens with one attached hydrogen (secondary N) is 4. The molecule has 2 saturated carbocycles. The zero-order chi connectivity index (χ0) is 34.9. The van der Waals surface area contributed by atoms with Crippen molar-refractivity contribution in [3.63, 3.8) is 0 Å². The maximum atomic E-state index is 14.4. The molecule has 2 heterocycles. The van der Waals surface area contributed by atoms with Gasteiger partial charge in [0.25, 0.3) is 5.91 Å². The van der Waals surface area contributed by atoms with Gasteiger partial charge in [-0.2, -0.15) is 0 Å². The molecule has 5 amide bonds. The van der Waals surface area contributed by atoms with Gasteiger partial charge in [-0.15, -0.1) is 0 Å². The van der Waals surface area contributed by atoms with Gasteiger partial charge in [0.15, 0.2) is 9.84 Å². The van der Waals surface area contributed by atoms with Crippen molar-refractivity contribution in [1.82, 2.24) is 26.2 Å². The van der Waals surface area contributed by atoms with Gasteiger partial charge in [0.05, 0.1) is 22.6 Å². The number of likely N-dealkylation sites (tertiary alicyclic amines) is 1. The number of likely N-dealkylation sites (N-methyl/N-ethyl adjacent to an activating group) is 1. The number of hydrogen-bond donors (Lipinski definition) is 4. The maximum absolute atomic E-state index is 14.4.